The van der Waals surface area contributed by atoms with E-state index in [2.05, 4.69) is 5.32 Å². The monoisotopic (exact) mass is 294 g/mol. The minimum absolute atomic E-state index is 0.0575. The van der Waals surface area contributed by atoms with Gasteiger partial charge in [0.2, 0.25) is 0 Å². The van der Waals surface area contributed by atoms with Crippen molar-refractivity contribution in [3.05, 3.63) is 39.4 Å². The summed E-state index contributed by atoms with van der Waals surface area (Å²) < 4.78 is 0. The predicted octanol–water partition coefficient (Wildman–Crippen LogP) is 2.43. The van der Waals surface area contributed by atoms with Gasteiger partial charge in [-0.15, -0.1) is 0 Å². The van der Waals surface area contributed by atoms with Crippen LogP contribution in [-0.4, -0.2) is 28.6 Å². The van der Waals surface area contributed by atoms with E-state index in [0.717, 1.165) is 0 Å². The van der Waals surface area contributed by atoms with E-state index in [1.165, 1.54) is 6.07 Å². The van der Waals surface area contributed by atoms with Crippen molar-refractivity contribution in [3.63, 3.8) is 0 Å². The van der Waals surface area contributed by atoms with Gasteiger partial charge in [0.1, 0.15) is 5.56 Å². The van der Waals surface area contributed by atoms with Crippen LogP contribution in [0.15, 0.2) is 18.2 Å². The SMILES string of the molecule is Cc1cccc([N+](=O)[O-])c1C(=O)NC(CCO)C(C)(C)C. The lowest BCUT2D eigenvalue weighted by Gasteiger charge is -2.31. The zero-order valence-electron chi connectivity index (χ0n) is 12.8. The molecule has 0 fully saturated rings. The zero-order valence-corrected chi connectivity index (χ0v) is 12.8. The molecule has 0 aliphatic heterocycles. The fourth-order valence-electron chi connectivity index (χ4n) is 2.18. The molecule has 0 radical (unpaired) electrons. The van der Waals surface area contributed by atoms with E-state index < -0.39 is 10.8 Å². The number of benzene rings is 1. The van der Waals surface area contributed by atoms with Crippen molar-refractivity contribution in [2.24, 2.45) is 5.41 Å². The van der Waals surface area contributed by atoms with Crippen LogP contribution in [-0.2, 0) is 0 Å². The lowest BCUT2D eigenvalue weighted by atomic mass is 9.84. The summed E-state index contributed by atoms with van der Waals surface area (Å²) in [5.74, 6) is -0.479. The first-order chi connectivity index (χ1) is 9.68. The molecule has 116 valence electrons. The number of hydrogen-bond acceptors (Lipinski definition) is 4. The molecule has 1 unspecified atom stereocenters. The Morgan fingerprint density at radius 3 is 2.52 bits per heavy atom. The molecular formula is C15H22N2O4. The number of aryl methyl sites for hydroxylation is 1. The molecule has 0 aliphatic carbocycles. The fourth-order valence-corrected chi connectivity index (χ4v) is 2.18. The summed E-state index contributed by atoms with van der Waals surface area (Å²) >= 11 is 0. The molecule has 1 atom stereocenters. The highest BCUT2D eigenvalue weighted by atomic mass is 16.6. The Labute approximate surface area is 124 Å². The van der Waals surface area contributed by atoms with Crippen molar-refractivity contribution in [1.29, 1.82) is 0 Å². The number of hydrogen-bond donors (Lipinski definition) is 2. The standard InChI is InChI=1S/C15H22N2O4/c1-10-6-5-7-11(17(20)21)13(10)14(19)16-12(8-9-18)15(2,3)4/h5-7,12,18H,8-9H2,1-4H3,(H,16,19). The van der Waals surface area contributed by atoms with E-state index in [4.69, 9.17) is 5.11 Å². The summed E-state index contributed by atoms with van der Waals surface area (Å²) in [6, 6.07) is 4.27. The summed E-state index contributed by atoms with van der Waals surface area (Å²) in [4.78, 5) is 22.9. The second kappa shape index (κ2) is 6.67. The highest BCUT2D eigenvalue weighted by Gasteiger charge is 2.29. The number of aliphatic hydroxyl groups excluding tert-OH is 1. The van der Waals surface area contributed by atoms with E-state index in [1.807, 2.05) is 20.8 Å². The molecule has 6 heteroatoms. The fraction of sp³-hybridized carbons (Fsp3) is 0.533. The molecule has 0 aromatic heterocycles. The van der Waals surface area contributed by atoms with Gasteiger partial charge in [0.25, 0.3) is 11.6 Å². The molecule has 1 aromatic rings. The largest absolute Gasteiger partial charge is 0.396 e. The Balaban J connectivity index is 3.11. The Morgan fingerprint density at radius 2 is 2.05 bits per heavy atom. The highest BCUT2D eigenvalue weighted by Crippen LogP contribution is 2.25. The maximum atomic E-state index is 12.4. The third kappa shape index (κ3) is 4.26. The predicted molar refractivity (Wildman–Crippen MR) is 80.2 cm³/mol. The van der Waals surface area contributed by atoms with Crippen LogP contribution in [0, 0.1) is 22.5 Å². The number of carbonyl (C=O) groups is 1. The third-order valence-electron chi connectivity index (χ3n) is 3.44. The van der Waals surface area contributed by atoms with Crippen LogP contribution in [0.5, 0.6) is 0 Å². The van der Waals surface area contributed by atoms with Gasteiger partial charge >= 0.3 is 0 Å². The third-order valence-corrected chi connectivity index (χ3v) is 3.44. The number of rotatable bonds is 5. The van der Waals surface area contributed by atoms with Crippen molar-refractivity contribution in [3.8, 4) is 0 Å². The van der Waals surface area contributed by atoms with E-state index in [0.29, 0.717) is 12.0 Å². The maximum Gasteiger partial charge on any atom is 0.282 e. The molecule has 0 bridgehead atoms. The van der Waals surface area contributed by atoms with Gasteiger partial charge in [-0.25, -0.2) is 0 Å². The normalized spacial score (nSPS) is 12.8. The van der Waals surface area contributed by atoms with Crippen LogP contribution in [0.3, 0.4) is 0 Å². The van der Waals surface area contributed by atoms with E-state index >= 15 is 0 Å². The minimum Gasteiger partial charge on any atom is -0.396 e. The first-order valence-electron chi connectivity index (χ1n) is 6.84. The highest BCUT2D eigenvalue weighted by molar-refractivity contribution is 5.99. The van der Waals surface area contributed by atoms with Gasteiger partial charge in [0, 0.05) is 18.7 Å². The van der Waals surface area contributed by atoms with Crippen molar-refractivity contribution < 1.29 is 14.8 Å². The van der Waals surface area contributed by atoms with Gasteiger partial charge in [-0.05, 0) is 24.3 Å². The first kappa shape index (κ1) is 17.1. The van der Waals surface area contributed by atoms with Crippen LogP contribution >= 0.6 is 0 Å². The second-order valence-electron chi connectivity index (χ2n) is 6.13. The maximum absolute atomic E-state index is 12.4. The Hall–Kier alpha value is -1.95. The Kier molecular flexibility index (Phi) is 5.43. The van der Waals surface area contributed by atoms with Gasteiger partial charge in [-0.2, -0.15) is 0 Å². The van der Waals surface area contributed by atoms with Crippen molar-refractivity contribution >= 4 is 11.6 Å². The number of amides is 1. The molecule has 1 amide bonds. The smallest absolute Gasteiger partial charge is 0.282 e. The summed E-state index contributed by atoms with van der Waals surface area (Å²) in [5.41, 5.74) is 0.174. The summed E-state index contributed by atoms with van der Waals surface area (Å²) in [5, 5.41) is 23.0. The summed E-state index contributed by atoms with van der Waals surface area (Å²) in [6.45, 7) is 7.44. The van der Waals surface area contributed by atoms with Crippen molar-refractivity contribution in [2.45, 2.75) is 40.2 Å². The number of nitro benzene ring substituents is 1. The Morgan fingerprint density at radius 1 is 1.43 bits per heavy atom. The van der Waals surface area contributed by atoms with Crippen LogP contribution in [0.2, 0.25) is 0 Å². The van der Waals surface area contributed by atoms with Crippen LogP contribution in [0.25, 0.3) is 0 Å². The number of nitrogens with one attached hydrogen (secondary N) is 1. The van der Waals surface area contributed by atoms with Crippen LogP contribution in [0.1, 0.15) is 43.1 Å². The molecule has 0 saturated heterocycles. The molecule has 1 rings (SSSR count). The van der Waals surface area contributed by atoms with Gasteiger partial charge in [0.05, 0.1) is 4.92 Å². The van der Waals surface area contributed by atoms with E-state index in [9.17, 15) is 14.9 Å². The van der Waals surface area contributed by atoms with Gasteiger partial charge in [-0.3, -0.25) is 14.9 Å². The van der Waals surface area contributed by atoms with Gasteiger partial charge < -0.3 is 10.4 Å². The zero-order chi connectivity index (χ0) is 16.2. The molecule has 0 saturated carbocycles. The molecule has 0 heterocycles. The first-order valence-corrected chi connectivity index (χ1v) is 6.84. The molecular weight excluding hydrogens is 272 g/mol. The number of nitro groups is 1. The van der Waals surface area contributed by atoms with E-state index in [-0.39, 0.29) is 29.3 Å². The van der Waals surface area contributed by atoms with Gasteiger partial charge in [-0.1, -0.05) is 32.9 Å². The quantitative estimate of drug-likeness (QED) is 0.644. The average Bonchev–Trinajstić information content (AvgIpc) is 2.36. The minimum atomic E-state index is -0.556. The summed E-state index contributed by atoms with van der Waals surface area (Å²) in [7, 11) is 0. The molecule has 0 spiro atoms. The lowest BCUT2D eigenvalue weighted by Crippen LogP contribution is -2.44. The molecule has 1 aromatic carbocycles. The second-order valence-corrected chi connectivity index (χ2v) is 6.13. The molecule has 0 aliphatic rings. The molecule has 21 heavy (non-hydrogen) atoms. The molecule has 2 N–H and O–H groups in total. The van der Waals surface area contributed by atoms with E-state index in [1.54, 1.807) is 19.1 Å². The van der Waals surface area contributed by atoms with Crippen LogP contribution < -0.4 is 5.32 Å². The molecule has 6 nitrogen and oxygen atoms in total. The Bertz CT molecular complexity index is 535. The van der Waals surface area contributed by atoms with Crippen molar-refractivity contribution in [2.75, 3.05) is 6.61 Å². The van der Waals surface area contributed by atoms with Crippen LogP contribution in [0.4, 0.5) is 5.69 Å². The average molecular weight is 294 g/mol. The summed E-state index contributed by atoms with van der Waals surface area (Å²) in [6.07, 6.45) is 0.398. The lowest BCUT2D eigenvalue weighted by molar-refractivity contribution is -0.385. The topological polar surface area (TPSA) is 92.5 Å². The number of aliphatic hydroxyl groups is 1. The van der Waals surface area contributed by atoms with Gasteiger partial charge in [0.15, 0.2) is 0 Å². The number of carbonyl (C=O) groups excluding carboxylic acids is 1. The van der Waals surface area contributed by atoms with Crippen molar-refractivity contribution in [1.82, 2.24) is 5.32 Å². The number of nitrogens with zero attached hydrogens (tertiary/aromatic N) is 1.